The van der Waals surface area contributed by atoms with Crippen LogP contribution < -0.4 is 0 Å². The van der Waals surface area contributed by atoms with Gasteiger partial charge < -0.3 is 9.64 Å². The normalized spacial score (nSPS) is 17.9. The van der Waals surface area contributed by atoms with Crippen molar-refractivity contribution in [3.63, 3.8) is 0 Å². The summed E-state index contributed by atoms with van der Waals surface area (Å²) in [6.45, 7) is 1.90. The molecule has 1 atom stereocenters. The largest absolute Gasteiger partial charge is 0.372 e. The molecule has 0 saturated carbocycles. The van der Waals surface area contributed by atoms with Gasteiger partial charge in [-0.3, -0.25) is 9.78 Å². The summed E-state index contributed by atoms with van der Waals surface area (Å²) in [4.78, 5) is 22.0. The summed E-state index contributed by atoms with van der Waals surface area (Å²) in [6.07, 6.45) is 5.55. The number of aromatic nitrogens is 2. The van der Waals surface area contributed by atoms with Crippen molar-refractivity contribution in [2.75, 3.05) is 13.1 Å². The molecule has 5 heteroatoms. The Labute approximate surface area is 123 Å². The minimum atomic E-state index is -0.0751. The third-order valence-corrected chi connectivity index (χ3v) is 3.54. The highest BCUT2D eigenvalue weighted by Crippen LogP contribution is 2.16. The zero-order chi connectivity index (χ0) is 14.5. The van der Waals surface area contributed by atoms with E-state index in [0.717, 1.165) is 12.0 Å². The second-order valence-electron chi connectivity index (χ2n) is 5.05. The lowest BCUT2D eigenvalue weighted by atomic mass is 10.2. The molecule has 3 rings (SSSR count). The molecule has 0 aliphatic carbocycles. The Kier molecular flexibility index (Phi) is 4.21. The molecular weight excluding hydrogens is 266 g/mol. The zero-order valence-corrected chi connectivity index (χ0v) is 11.7. The maximum atomic E-state index is 12.2. The molecule has 0 bridgehead atoms. The second kappa shape index (κ2) is 6.45. The fourth-order valence-corrected chi connectivity index (χ4v) is 2.41. The van der Waals surface area contributed by atoms with Crippen LogP contribution in [0.4, 0.5) is 0 Å². The molecule has 21 heavy (non-hydrogen) atoms. The summed E-state index contributed by atoms with van der Waals surface area (Å²) < 4.78 is 5.88. The van der Waals surface area contributed by atoms with Crippen LogP contribution in [0.2, 0.25) is 0 Å². The Hall–Kier alpha value is -2.27. The van der Waals surface area contributed by atoms with E-state index >= 15 is 0 Å². The Bertz CT molecular complexity index is 589. The van der Waals surface area contributed by atoms with Crippen LogP contribution in [-0.4, -0.2) is 40.0 Å². The molecule has 1 aliphatic heterocycles. The smallest absolute Gasteiger partial charge is 0.274 e. The summed E-state index contributed by atoms with van der Waals surface area (Å²) in [5.74, 6) is -0.0751. The van der Waals surface area contributed by atoms with Crippen molar-refractivity contribution in [2.45, 2.75) is 19.1 Å². The molecule has 0 unspecified atom stereocenters. The molecule has 5 nitrogen and oxygen atoms in total. The van der Waals surface area contributed by atoms with Gasteiger partial charge in [-0.1, -0.05) is 30.3 Å². The molecule has 1 saturated heterocycles. The van der Waals surface area contributed by atoms with E-state index in [2.05, 4.69) is 9.97 Å². The average molecular weight is 283 g/mol. The number of likely N-dealkylation sites (tertiary alicyclic amines) is 1. The maximum Gasteiger partial charge on any atom is 0.274 e. The molecule has 1 aromatic carbocycles. The zero-order valence-electron chi connectivity index (χ0n) is 11.7. The molecule has 1 aromatic heterocycles. The highest BCUT2D eigenvalue weighted by molar-refractivity contribution is 5.92. The lowest BCUT2D eigenvalue weighted by molar-refractivity contribution is 0.0436. The first-order valence-electron chi connectivity index (χ1n) is 7.04. The Morgan fingerprint density at radius 2 is 2.14 bits per heavy atom. The number of benzene rings is 1. The monoisotopic (exact) mass is 283 g/mol. The SMILES string of the molecule is O=C(c1cnccn1)N1CC[C@H](OCc2ccccc2)C1. The standard InChI is InChI=1S/C16H17N3O2/c20-16(15-10-17-7-8-18-15)19-9-6-14(11-19)21-12-13-4-2-1-3-5-13/h1-5,7-8,10,14H,6,9,11-12H2/t14-/m0/s1. The predicted octanol–water partition coefficient (Wildman–Crippen LogP) is 1.91. The number of rotatable bonds is 4. The van der Waals surface area contributed by atoms with Gasteiger partial charge in [0.25, 0.3) is 5.91 Å². The maximum absolute atomic E-state index is 12.2. The number of hydrogen-bond donors (Lipinski definition) is 0. The molecule has 0 N–H and O–H groups in total. The number of carbonyl (C=O) groups is 1. The number of carbonyl (C=O) groups excluding carboxylic acids is 1. The van der Waals surface area contributed by atoms with Crippen LogP contribution in [0.5, 0.6) is 0 Å². The highest BCUT2D eigenvalue weighted by atomic mass is 16.5. The molecule has 0 radical (unpaired) electrons. The van der Waals surface area contributed by atoms with Gasteiger partial charge in [-0.05, 0) is 12.0 Å². The lowest BCUT2D eigenvalue weighted by Crippen LogP contribution is -2.30. The first kappa shape index (κ1) is 13.7. The number of nitrogens with zero attached hydrogens (tertiary/aromatic N) is 3. The molecule has 1 amide bonds. The van der Waals surface area contributed by atoms with Crippen molar-refractivity contribution >= 4 is 5.91 Å². The quantitative estimate of drug-likeness (QED) is 0.860. The van der Waals surface area contributed by atoms with Gasteiger partial charge >= 0.3 is 0 Å². The molecule has 2 heterocycles. The molecule has 2 aromatic rings. The topological polar surface area (TPSA) is 55.3 Å². The fourth-order valence-electron chi connectivity index (χ4n) is 2.41. The van der Waals surface area contributed by atoms with Crippen LogP contribution in [0.15, 0.2) is 48.9 Å². The number of ether oxygens (including phenoxy) is 1. The molecule has 1 aliphatic rings. The van der Waals surface area contributed by atoms with Crippen LogP contribution in [-0.2, 0) is 11.3 Å². The molecule has 1 fully saturated rings. The van der Waals surface area contributed by atoms with Gasteiger partial charge in [0, 0.05) is 25.5 Å². The lowest BCUT2D eigenvalue weighted by Gasteiger charge is -2.16. The van der Waals surface area contributed by atoms with Gasteiger partial charge in [-0.25, -0.2) is 4.98 Å². The van der Waals surface area contributed by atoms with Crippen molar-refractivity contribution < 1.29 is 9.53 Å². The predicted molar refractivity (Wildman–Crippen MR) is 77.6 cm³/mol. The van der Waals surface area contributed by atoms with E-state index in [9.17, 15) is 4.79 Å². The summed E-state index contributed by atoms with van der Waals surface area (Å²) in [5, 5.41) is 0. The Morgan fingerprint density at radius 1 is 1.29 bits per heavy atom. The summed E-state index contributed by atoms with van der Waals surface area (Å²) in [6, 6.07) is 10.1. The van der Waals surface area contributed by atoms with Gasteiger partial charge in [0.1, 0.15) is 5.69 Å². The number of hydrogen-bond acceptors (Lipinski definition) is 4. The molecule has 108 valence electrons. The van der Waals surface area contributed by atoms with Gasteiger partial charge in [-0.15, -0.1) is 0 Å². The van der Waals surface area contributed by atoms with Crippen LogP contribution in [0.25, 0.3) is 0 Å². The van der Waals surface area contributed by atoms with Gasteiger partial charge in [0.15, 0.2) is 0 Å². The minimum Gasteiger partial charge on any atom is -0.372 e. The summed E-state index contributed by atoms with van der Waals surface area (Å²) in [7, 11) is 0. The minimum absolute atomic E-state index is 0.0751. The first-order chi connectivity index (χ1) is 10.3. The first-order valence-corrected chi connectivity index (χ1v) is 7.04. The third-order valence-electron chi connectivity index (χ3n) is 3.54. The van der Waals surface area contributed by atoms with Gasteiger partial charge in [0.05, 0.1) is 18.9 Å². The van der Waals surface area contributed by atoms with E-state index in [1.165, 1.54) is 12.4 Å². The van der Waals surface area contributed by atoms with Crippen LogP contribution in [0.1, 0.15) is 22.5 Å². The van der Waals surface area contributed by atoms with E-state index < -0.39 is 0 Å². The number of amides is 1. The Morgan fingerprint density at radius 3 is 2.90 bits per heavy atom. The van der Waals surface area contributed by atoms with Gasteiger partial charge in [-0.2, -0.15) is 0 Å². The van der Waals surface area contributed by atoms with E-state index in [0.29, 0.717) is 25.4 Å². The van der Waals surface area contributed by atoms with Crippen molar-refractivity contribution in [1.82, 2.24) is 14.9 Å². The van der Waals surface area contributed by atoms with Crippen molar-refractivity contribution in [3.8, 4) is 0 Å². The second-order valence-corrected chi connectivity index (χ2v) is 5.05. The van der Waals surface area contributed by atoms with E-state index in [4.69, 9.17) is 4.74 Å². The van der Waals surface area contributed by atoms with E-state index in [1.54, 1.807) is 11.1 Å². The summed E-state index contributed by atoms with van der Waals surface area (Å²) in [5.41, 5.74) is 1.54. The van der Waals surface area contributed by atoms with Gasteiger partial charge in [0.2, 0.25) is 0 Å². The molecule has 0 spiro atoms. The Balaban J connectivity index is 1.53. The van der Waals surface area contributed by atoms with Crippen molar-refractivity contribution in [3.05, 3.63) is 60.2 Å². The van der Waals surface area contributed by atoms with Crippen molar-refractivity contribution in [1.29, 1.82) is 0 Å². The van der Waals surface area contributed by atoms with Crippen molar-refractivity contribution in [2.24, 2.45) is 0 Å². The van der Waals surface area contributed by atoms with Crippen LogP contribution in [0.3, 0.4) is 0 Å². The summed E-state index contributed by atoms with van der Waals surface area (Å²) >= 11 is 0. The fraction of sp³-hybridized carbons (Fsp3) is 0.312. The third kappa shape index (κ3) is 3.44. The van der Waals surface area contributed by atoms with Crippen LogP contribution in [0, 0.1) is 0 Å². The van der Waals surface area contributed by atoms with E-state index in [1.807, 2.05) is 30.3 Å². The van der Waals surface area contributed by atoms with E-state index in [-0.39, 0.29) is 12.0 Å². The van der Waals surface area contributed by atoms with Crippen LogP contribution >= 0.6 is 0 Å². The highest BCUT2D eigenvalue weighted by Gasteiger charge is 2.28. The molecular formula is C16H17N3O2. The average Bonchev–Trinajstić information content (AvgIpc) is 3.03.